The quantitative estimate of drug-likeness (QED) is 0.844. The molecule has 2 aromatic carbocycles. The van der Waals surface area contributed by atoms with Gasteiger partial charge in [-0.25, -0.2) is 0 Å². The molecule has 2 heteroatoms. The zero-order valence-corrected chi connectivity index (χ0v) is 11.6. The first-order valence-electron chi connectivity index (χ1n) is 7.24. The van der Waals surface area contributed by atoms with Crippen LogP contribution in [-0.2, 0) is 0 Å². The van der Waals surface area contributed by atoms with Gasteiger partial charge in [-0.15, -0.1) is 0 Å². The Morgan fingerprint density at radius 3 is 2.60 bits per heavy atom. The fourth-order valence-electron chi connectivity index (χ4n) is 2.73. The van der Waals surface area contributed by atoms with Crippen molar-refractivity contribution in [2.24, 2.45) is 5.73 Å². The molecule has 3 rings (SSSR count). The van der Waals surface area contributed by atoms with Gasteiger partial charge in [0.1, 0.15) is 5.75 Å². The van der Waals surface area contributed by atoms with E-state index < -0.39 is 0 Å². The van der Waals surface area contributed by atoms with Crippen LogP contribution in [0, 0.1) is 11.8 Å². The molecule has 2 N–H and O–H groups in total. The van der Waals surface area contributed by atoms with E-state index in [2.05, 4.69) is 42.2 Å². The van der Waals surface area contributed by atoms with Crippen LogP contribution < -0.4 is 10.5 Å². The first-order valence-corrected chi connectivity index (χ1v) is 7.24. The minimum Gasteiger partial charge on any atom is -0.490 e. The topological polar surface area (TPSA) is 35.2 Å². The molecule has 0 aromatic heterocycles. The molecule has 0 atom stereocenters. The fourth-order valence-corrected chi connectivity index (χ4v) is 2.73. The second kappa shape index (κ2) is 5.98. The van der Waals surface area contributed by atoms with Gasteiger partial charge in [0.25, 0.3) is 0 Å². The number of nitrogens with two attached hydrogens (primary N) is 1. The predicted octanol–water partition coefficient (Wildman–Crippen LogP) is 3.47. The maximum absolute atomic E-state index is 6.03. The molecule has 1 saturated carbocycles. The van der Waals surface area contributed by atoms with Crippen LogP contribution in [0.5, 0.6) is 5.75 Å². The zero-order chi connectivity index (χ0) is 13.8. The largest absolute Gasteiger partial charge is 0.490 e. The third-order valence-electron chi connectivity index (χ3n) is 3.75. The van der Waals surface area contributed by atoms with E-state index in [1.54, 1.807) is 0 Å². The van der Waals surface area contributed by atoms with Crippen molar-refractivity contribution in [1.82, 2.24) is 0 Å². The molecule has 20 heavy (non-hydrogen) atoms. The van der Waals surface area contributed by atoms with Gasteiger partial charge in [0.2, 0.25) is 0 Å². The Balaban J connectivity index is 1.84. The highest BCUT2D eigenvalue weighted by molar-refractivity contribution is 5.85. The third-order valence-corrected chi connectivity index (χ3v) is 3.75. The van der Waals surface area contributed by atoms with Gasteiger partial charge >= 0.3 is 0 Å². The number of hydrogen-bond donors (Lipinski definition) is 1. The molecular formula is C18H19NO. The molecule has 0 bridgehead atoms. The third kappa shape index (κ3) is 2.95. The lowest BCUT2D eigenvalue weighted by atomic mass is 10.1. The van der Waals surface area contributed by atoms with Crippen LogP contribution in [0.25, 0.3) is 10.8 Å². The number of fused-ring (bicyclic) bond motifs is 1. The molecule has 1 aliphatic carbocycles. The highest BCUT2D eigenvalue weighted by Gasteiger charge is 2.16. The van der Waals surface area contributed by atoms with E-state index in [-0.39, 0.29) is 0 Å². The lowest BCUT2D eigenvalue weighted by molar-refractivity contribution is 0.210. The Hall–Kier alpha value is -1.98. The Labute approximate surface area is 119 Å². The van der Waals surface area contributed by atoms with Crippen LogP contribution >= 0.6 is 0 Å². The molecular weight excluding hydrogens is 246 g/mol. The average molecular weight is 265 g/mol. The minimum atomic E-state index is 0.395. The van der Waals surface area contributed by atoms with Gasteiger partial charge in [0.05, 0.1) is 12.6 Å². The molecule has 2 nitrogen and oxygen atoms in total. The smallest absolute Gasteiger partial charge is 0.120 e. The van der Waals surface area contributed by atoms with Gasteiger partial charge in [0.15, 0.2) is 0 Å². The van der Waals surface area contributed by atoms with Crippen molar-refractivity contribution in [2.45, 2.75) is 31.8 Å². The standard InChI is InChI=1S/C18H19NO/c19-11-3-4-14-7-8-16-13-18(10-9-15(16)12-14)20-17-5-1-2-6-17/h7-10,12-13,17H,1-2,5-6,11,19H2. The number of ether oxygens (including phenoxy) is 1. The molecule has 102 valence electrons. The second-order valence-corrected chi connectivity index (χ2v) is 5.25. The van der Waals surface area contributed by atoms with E-state index in [1.807, 2.05) is 6.07 Å². The molecule has 0 heterocycles. The maximum Gasteiger partial charge on any atom is 0.120 e. The SMILES string of the molecule is NCC#Cc1ccc2cc(OC3CCCC3)ccc2c1. The molecule has 0 aliphatic heterocycles. The van der Waals surface area contributed by atoms with Crippen LogP contribution in [-0.4, -0.2) is 12.6 Å². The summed E-state index contributed by atoms with van der Waals surface area (Å²) >= 11 is 0. The van der Waals surface area contributed by atoms with Crippen LogP contribution in [0.2, 0.25) is 0 Å². The van der Waals surface area contributed by atoms with Crippen molar-refractivity contribution in [3.8, 4) is 17.6 Å². The second-order valence-electron chi connectivity index (χ2n) is 5.25. The predicted molar refractivity (Wildman–Crippen MR) is 82.8 cm³/mol. The minimum absolute atomic E-state index is 0.395. The Kier molecular flexibility index (Phi) is 3.90. The van der Waals surface area contributed by atoms with Crippen molar-refractivity contribution in [3.63, 3.8) is 0 Å². The van der Waals surface area contributed by atoms with Gasteiger partial charge in [-0.2, -0.15) is 0 Å². The lowest BCUT2D eigenvalue weighted by Crippen LogP contribution is -2.10. The summed E-state index contributed by atoms with van der Waals surface area (Å²) in [5.41, 5.74) is 6.40. The normalized spacial score (nSPS) is 15.1. The highest BCUT2D eigenvalue weighted by Crippen LogP contribution is 2.27. The number of benzene rings is 2. The summed E-state index contributed by atoms with van der Waals surface area (Å²) in [6.07, 6.45) is 5.36. The van der Waals surface area contributed by atoms with Crippen molar-refractivity contribution in [1.29, 1.82) is 0 Å². The molecule has 1 fully saturated rings. The number of hydrogen-bond acceptors (Lipinski definition) is 2. The molecule has 0 saturated heterocycles. The Morgan fingerprint density at radius 1 is 1.05 bits per heavy atom. The van der Waals surface area contributed by atoms with Crippen LogP contribution in [0.1, 0.15) is 31.2 Å². The number of rotatable bonds is 2. The summed E-state index contributed by atoms with van der Waals surface area (Å²) in [5, 5.41) is 2.38. The zero-order valence-electron chi connectivity index (χ0n) is 11.6. The van der Waals surface area contributed by atoms with E-state index >= 15 is 0 Å². The molecule has 0 radical (unpaired) electrons. The van der Waals surface area contributed by atoms with Crippen molar-refractivity contribution in [2.75, 3.05) is 6.54 Å². The fraction of sp³-hybridized carbons (Fsp3) is 0.333. The van der Waals surface area contributed by atoms with E-state index in [4.69, 9.17) is 10.5 Å². The summed E-state index contributed by atoms with van der Waals surface area (Å²) in [6, 6.07) is 12.5. The average Bonchev–Trinajstić information content (AvgIpc) is 2.98. The van der Waals surface area contributed by atoms with Gasteiger partial charge in [-0.1, -0.05) is 24.0 Å². The highest BCUT2D eigenvalue weighted by atomic mass is 16.5. The van der Waals surface area contributed by atoms with E-state index in [0.717, 1.165) is 11.3 Å². The van der Waals surface area contributed by atoms with E-state index in [1.165, 1.54) is 36.5 Å². The summed E-state index contributed by atoms with van der Waals surface area (Å²) < 4.78 is 6.03. The Morgan fingerprint density at radius 2 is 1.80 bits per heavy atom. The van der Waals surface area contributed by atoms with Crippen molar-refractivity contribution >= 4 is 10.8 Å². The van der Waals surface area contributed by atoms with Crippen molar-refractivity contribution < 1.29 is 4.74 Å². The monoisotopic (exact) mass is 265 g/mol. The molecule has 0 amide bonds. The van der Waals surface area contributed by atoms with Gasteiger partial charge < -0.3 is 10.5 Å². The van der Waals surface area contributed by atoms with Crippen LogP contribution in [0.4, 0.5) is 0 Å². The first-order chi connectivity index (χ1) is 9.85. The van der Waals surface area contributed by atoms with Gasteiger partial charge in [-0.05, 0) is 60.7 Å². The van der Waals surface area contributed by atoms with E-state index in [9.17, 15) is 0 Å². The van der Waals surface area contributed by atoms with Crippen LogP contribution in [0.15, 0.2) is 36.4 Å². The Bertz CT molecular complexity index is 660. The van der Waals surface area contributed by atoms with Gasteiger partial charge in [0, 0.05) is 5.56 Å². The summed E-state index contributed by atoms with van der Waals surface area (Å²) in [5.74, 6) is 6.92. The molecule has 2 aromatic rings. The summed E-state index contributed by atoms with van der Waals surface area (Å²) in [4.78, 5) is 0. The summed E-state index contributed by atoms with van der Waals surface area (Å²) in [7, 11) is 0. The molecule has 1 aliphatic rings. The first kappa shape index (κ1) is 13.0. The maximum atomic E-state index is 6.03. The van der Waals surface area contributed by atoms with Gasteiger partial charge in [-0.3, -0.25) is 0 Å². The van der Waals surface area contributed by atoms with E-state index in [0.29, 0.717) is 12.6 Å². The van der Waals surface area contributed by atoms with Crippen molar-refractivity contribution in [3.05, 3.63) is 42.0 Å². The summed E-state index contributed by atoms with van der Waals surface area (Å²) in [6.45, 7) is 0.395. The molecule has 0 unspecified atom stereocenters. The molecule has 0 spiro atoms. The lowest BCUT2D eigenvalue weighted by Gasteiger charge is -2.13. The van der Waals surface area contributed by atoms with Crippen LogP contribution in [0.3, 0.4) is 0 Å².